The molecule has 15 heavy (non-hydrogen) atoms. The number of nitrogens with zero attached hydrogens (tertiary/aromatic N) is 2. The molecular formula is C12H19N3. The minimum atomic E-state index is 0.423. The predicted octanol–water partition coefficient (Wildman–Crippen LogP) is 1.75. The van der Waals surface area contributed by atoms with E-state index in [0.717, 1.165) is 31.3 Å². The molecule has 1 aromatic heterocycles. The molecule has 1 aliphatic heterocycles. The molecular weight excluding hydrogens is 186 g/mol. The third-order valence-corrected chi connectivity index (χ3v) is 2.91. The third kappa shape index (κ3) is 2.75. The van der Waals surface area contributed by atoms with Crippen LogP contribution in [0.1, 0.15) is 37.7 Å². The van der Waals surface area contributed by atoms with Crippen molar-refractivity contribution >= 4 is 0 Å². The molecule has 0 saturated carbocycles. The zero-order valence-corrected chi connectivity index (χ0v) is 9.53. The standard InChI is InChI=1S/C12H19N3/c1-9(2)12-14-6-4-11(15-12)7-10-3-5-13-8-10/h4,6,9-10,13H,3,5,7-8H2,1-2H3. The summed E-state index contributed by atoms with van der Waals surface area (Å²) in [7, 11) is 0. The molecule has 0 aliphatic carbocycles. The van der Waals surface area contributed by atoms with Crippen molar-refractivity contribution in [3.8, 4) is 0 Å². The predicted molar refractivity (Wildman–Crippen MR) is 60.8 cm³/mol. The zero-order chi connectivity index (χ0) is 10.7. The maximum absolute atomic E-state index is 4.60. The van der Waals surface area contributed by atoms with Gasteiger partial charge in [-0.1, -0.05) is 13.8 Å². The maximum Gasteiger partial charge on any atom is 0.131 e. The van der Waals surface area contributed by atoms with Crippen molar-refractivity contribution in [3.63, 3.8) is 0 Å². The normalized spacial score (nSPS) is 21.1. The number of nitrogens with one attached hydrogen (secondary N) is 1. The SMILES string of the molecule is CC(C)c1nccc(CC2CCNC2)n1. The minimum Gasteiger partial charge on any atom is -0.316 e. The van der Waals surface area contributed by atoms with Gasteiger partial charge in [-0.2, -0.15) is 0 Å². The first-order valence-corrected chi connectivity index (χ1v) is 5.78. The smallest absolute Gasteiger partial charge is 0.131 e. The summed E-state index contributed by atoms with van der Waals surface area (Å²) in [6, 6.07) is 2.05. The molecule has 0 bridgehead atoms. The highest BCUT2D eigenvalue weighted by Gasteiger charge is 2.15. The molecule has 0 amide bonds. The van der Waals surface area contributed by atoms with E-state index in [-0.39, 0.29) is 0 Å². The largest absolute Gasteiger partial charge is 0.316 e. The van der Waals surface area contributed by atoms with E-state index in [4.69, 9.17) is 0 Å². The number of rotatable bonds is 3. The van der Waals surface area contributed by atoms with E-state index in [1.54, 1.807) is 0 Å². The van der Waals surface area contributed by atoms with E-state index in [1.165, 1.54) is 12.1 Å². The first kappa shape index (κ1) is 10.6. The Morgan fingerprint density at radius 3 is 3.07 bits per heavy atom. The van der Waals surface area contributed by atoms with Crippen LogP contribution in [0, 0.1) is 5.92 Å². The van der Waals surface area contributed by atoms with Crippen LogP contribution in [-0.2, 0) is 6.42 Å². The first-order valence-electron chi connectivity index (χ1n) is 5.78. The molecule has 82 valence electrons. The summed E-state index contributed by atoms with van der Waals surface area (Å²) < 4.78 is 0. The third-order valence-electron chi connectivity index (χ3n) is 2.91. The number of hydrogen-bond donors (Lipinski definition) is 1. The molecule has 1 unspecified atom stereocenters. The highest BCUT2D eigenvalue weighted by atomic mass is 14.9. The number of hydrogen-bond acceptors (Lipinski definition) is 3. The lowest BCUT2D eigenvalue weighted by molar-refractivity contribution is 0.567. The van der Waals surface area contributed by atoms with Gasteiger partial charge in [-0.05, 0) is 37.9 Å². The Kier molecular flexibility index (Phi) is 3.31. The van der Waals surface area contributed by atoms with E-state index in [1.807, 2.05) is 12.3 Å². The average molecular weight is 205 g/mol. The van der Waals surface area contributed by atoms with E-state index in [9.17, 15) is 0 Å². The molecule has 0 spiro atoms. The Hall–Kier alpha value is -0.960. The first-order chi connectivity index (χ1) is 7.25. The Morgan fingerprint density at radius 1 is 1.53 bits per heavy atom. The Balaban J connectivity index is 2.04. The lowest BCUT2D eigenvalue weighted by Gasteiger charge is -2.09. The van der Waals surface area contributed by atoms with E-state index in [2.05, 4.69) is 29.1 Å². The molecule has 1 aromatic rings. The fourth-order valence-corrected chi connectivity index (χ4v) is 1.99. The van der Waals surface area contributed by atoms with Crippen LogP contribution >= 0.6 is 0 Å². The lowest BCUT2D eigenvalue weighted by atomic mass is 10.0. The molecule has 1 N–H and O–H groups in total. The summed E-state index contributed by atoms with van der Waals surface area (Å²) in [5.74, 6) is 2.16. The van der Waals surface area contributed by atoms with Gasteiger partial charge in [0.1, 0.15) is 5.82 Å². The van der Waals surface area contributed by atoms with Crippen LogP contribution < -0.4 is 5.32 Å². The van der Waals surface area contributed by atoms with Gasteiger partial charge >= 0.3 is 0 Å². The van der Waals surface area contributed by atoms with Crippen LogP contribution in [0.15, 0.2) is 12.3 Å². The minimum absolute atomic E-state index is 0.423. The summed E-state index contributed by atoms with van der Waals surface area (Å²) >= 11 is 0. The van der Waals surface area contributed by atoms with Gasteiger partial charge in [0.15, 0.2) is 0 Å². The van der Waals surface area contributed by atoms with Crippen LogP contribution in [0.4, 0.5) is 0 Å². The Bertz CT molecular complexity index is 316. The Morgan fingerprint density at radius 2 is 2.40 bits per heavy atom. The summed E-state index contributed by atoms with van der Waals surface area (Å²) in [4.78, 5) is 8.88. The van der Waals surface area contributed by atoms with Gasteiger partial charge < -0.3 is 5.32 Å². The topological polar surface area (TPSA) is 37.8 Å². The highest BCUT2D eigenvalue weighted by Crippen LogP contribution is 2.15. The van der Waals surface area contributed by atoms with Crippen molar-refractivity contribution in [3.05, 3.63) is 23.8 Å². The van der Waals surface area contributed by atoms with Gasteiger partial charge in [-0.3, -0.25) is 0 Å². The second kappa shape index (κ2) is 4.71. The van der Waals surface area contributed by atoms with E-state index < -0.39 is 0 Å². The monoisotopic (exact) mass is 205 g/mol. The maximum atomic E-state index is 4.60. The van der Waals surface area contributed by atoms with Crippen LogP contribution in [0.3, 0.4) is 0 Å². The molecule has 2 rings (SSSR count). The van der Waals surface area contributed by atoms with Crippen molar-refractivity contribution in [2.45, 2.75) is 32.6 Å². The molecule has 0 aromatic carbocycles. The second-order valence-electron chi connectivity index (χ2n) is 4.62. The molecule has 3 nitrogen and oxygen atoms in total. The van der Waals surface area contributed by atoms with Gasteiger partial charge in [0.2, 0.25) is 0 Å². The van der Waals surface area contributed by atoms with Crippen LogP contribution in [0.2, 0.25) is 0 Å². The van der Waals surface area contributed by atoms with Gasteiger partial charge in [-0.15, -0.1) is 0 Å². The molecule has 0 radical (unpaired) electrons. The quantitative estimate of drug-likeness (QED) is 0.817. The van der Waals surface area contributed by atoms with Gasteiger partial charge in [0, 0.05) is 17.8 Å². The van der Waals surface area contributed by atoms with Crippen molar-refractivity contribution < 1.29 is 0 Å². The fourth-order valence-electron chi connectivity index (χ4n) is 1.99. The van der Waals surface area contributed by atoms with Crippen molar-refractivity contribution in [2.75, 3.05) is 13.1 Å². The van der Waals surface area contributed by atoms with E-state index in [0.29, 0.717) is 5.92 Å². The highest BCUT2D eigenvalue weighted by molar-refractivity contribution is 5.06. The van der Waals surface area contributed by atoms with Gasteiger partial charge in [0.25, 0.3) is 0 Å². The number of aromatic nitrogens is 2. The second-order valence-corrected chi connectivity index (χ2v) is 4.62. The van der Waals surface area contributed by atoms with Crippen molar-refractivity contribution in [2.24, 2.45) is 5.92 Å². The summed E-state index contributed by atoms with van der Waals surface area (Å²) in [5, 5.41) is 3.39. The van der Waals surface area contributed by atoms with Crippen LogP contribution in [0.25, 0.3) is 0 Å². The van der Waals surface area contributed by atoms with Gasteiger partial charge in [-0.25, -0.2) is 9.97 Å². The fraction of sp³-hybridized carbons (Fsp3) is 0.667. The summed E-state index contributed by atoms with van der Waals surface area (Å²) in [6.45, 7) is 6.57. The molecule has 3 heteroatoms. The molecule has 1 aliphatic rings. The van der Waals surface area contributed by atoms with Gasteiger partial charge in [0.05, 0.1) is 0 Å². The molecule has 1 fully saturated rings. The zero-order valence-electron chi connectivity index (χ0n) is 9.53. The van der Waals surface area contributed by atoms with Crippen molar-refractivity contribution in [1.29, 1.82) is 0 Å². The van der Waals surface area contributed by atoms with Crippen molar-refractivity contribution in [1.82, 2.24) is 15.3 Å². The molecule has 2 heterocycles. The molecule has 1 saturated heterocycles. The summed E-state index contributed by atoms with van der Waals surface area (Å²) in [5.41, 5.74) is 1.20. The lowest BCUT2D eigenvalue weighted by Crippen LogP contribution is -2.12. The molecule has 1 atom stereocenters. The average Bonchev–Trinajstić information content (AvgIpc) is 2.71. The summed E-state index contributed by atoms with van der Waals surface area (Å²) in [6.07, 6.45) is 4.26. The van der Waals surface area contributed by atoms with Crippen LogP contribution in [0.5, 0.6) is 0 Å². The van der Waals surface area contributed by atoms with Crippen LogP contribution in [-0.4, -0.2) is 23.1 Å². The Labute approximate surface area is 91.3 Å². The van der Waals surface area contributed by atoms with E-state index >= 15 is 0 Å².